The number of carbonyl (C=O) groups is 1. The maximum atomic E-state index is 13.1. The molecule has 0 aliphatic carbocycles. The Labute approximate surface area is 180 Å². The van der Waals surface area contributed by atoms with Crippen LogP contribution in [0.2, 0.25) is 0 Å². The molecule has 4 heterocycles. The predicted molar refractivity (Wildman–Crippen MR) is 119 cm³/mol. The van der Waals surface area contributed by atoms with Crippen LogP contribution in [0.25, 0.3) is 0 Å². The Morgan fingerprint density at radius 2 is 1.80 bits per heavy atom. The highest BCUT2D eigenvalue weighted by Gasteiger charge is 2.32. The molecule has 0 amide bonds. The zero-order valence-electron chi connectivity index (χ0n) is 18.6. The Kier molecular flexibility index (Phi) is 6.40. The van der Waals surface area contributed by atoms with Gasteiger partial charge in [0.05, 0.1) is 18.1 Å². The number of carbonyl (C=O) groups excluding carboxylic acids is 1. The minimum atomic E-state index is -2.95. The van der Waals surface area contributed by atoms with Crippen LogP contribution in [0.4, 0.5) is 0 Å². The average molecular weight is 437 g/mol. The van der Waals surface area contributed by atoms with Gasteiger partial charge in [-0.3, -0.25) is 14.6 Å². The molecule has 8 heteroatoms. The Hall–Kier alpha value is -1.22. The summed E-state index contributed by atoms with van der Waals surface area (Å²) in [7, 11) is -0.744. The molecule has 4 rings (SSSR count). The number of piperazine rings is 1. The lowest BCUT2D eigenvalue weighted by Crippen LogP contribution is -2.55. The first kappa shape index (κ1) is 22.0. The third-order valence-corrected chi connectivity index (χ3v) is 9.00. The summed E-state index contributed by atoms with van der Waals surface area (Å²) in [6, 6.07) is 2.58. The van der Waals surface area contributed by atoms with Gasteiger partial charge < -0.3 is 9.47 Å². The van der Waals surface area contributed by atoms with Crippen molar-refractivity contribution < 1.29 is 13.2 Å². The van der Waals surface area contributed by atoms with Gasteiger partial charge >= 0.3 is 0 Å². The van der Waals surface area contributed by atoms with Crippen molar-refractivity contribution in [3.63, 3.8) is 0 Å². The van der Waals surface area contributed by atoms with Crippen molar-refractivity contribution in [3.8, 4) is 0 Å². The molecular formula is C22H36N4O3S. The van der Waals surface area contributed by atoms with Crippen molar-refractivity contribution in [1.29, 1.82) is 0 Å². The summed E-state index contributed by atoms with van der Waals surface area (Å²) in [5, 5.41) is 0. The number of hydrogen-bond donors (Lipinski definition) is 0. The normalized spacial score (nSPS) is 28.8. The second-order valence-electron chi connectivity index (χ2n) is 9.51. The highest BCUT2D eigenvalue weighted by atomic mass is 32.2. The molecule has 30 heavy (non-hydrogen) atoms. The van der Waals surface area contributed by atoms with Gasteiger partial charge in [-0.1, -0.05) is 0 Å². The lowest BCUT2D eigenvalue weighted by atomic mass is 10.0. The number of ketones is 1. The molecule has 2 atom stereocenters. The Bertz CT molecular complexity index is 886. The first-order chi connectivity index (χ1) is 14.2. The van der Waals surface area contributed by atoms with Gasteiger partial charge in [0.1, 0.15) is 0 Å². The van der Waals surface area contributed by atoms with E-state index in [-0.39, 0.29) is 23.3 Å². The number of Topliss-reactive ketones (excluding diaryl/α,β-unsaturated/α-hetero) is 1. The van der Waals surface area contributed by atoms with Gasteiger partial charge in [0.2, 0.25) is 0 Å². The molecule has 0 spiro atoms. The van der Waals surface area contributed by atoms with Crippen LogP contribution in [-0.2, 0) is 9.84 Å². The lowest BCUT2D eigenvalue weighted by Gasteiger charge is -2.42. The molecule has 0 bridgehead atoms. The fourth-order valence-corrected chi connectivity index (χ4v) is 7.31. The summed E-state index contributed by atoms with van der Waals surface area (Å²) in [5.74, 6) is 0.593. The molecule has 3 saturated heterocycles. The van der Waals surface area contributed by atoms with Crippen LogP contribution in [0.5, 0.6) is 0 Å². The standard InChI is InChI=1S/C22H36N4O3S/c1-17-13-21(18(2)26(17)20-6-12-30(28,29)16-20)22(27)15-24-8-10-25(11-9-24)19-5-4-7-23(3)14-19/h13,19-20H,4-12,14-16H2,1-3H3. The molecule has 7 nitrogen and oxygen atoms in total. The van der Waals surface area contributed by atoms with Crippen LogP contribution in [0.15, 0.2) is 6.07 Å². The molecule has 2 unspecified atom stereocenters. The van der Waals surface area contributed by atoms with Crippen molar-refractivity contribution in [2.24, 2.45) is 0 Å². The minimum absolute atomic E-state index is 0.0336. The molecule has 1 aromatic rings. The van der Waals surface area contributed by atoms with Crippen molar-refractivity contribution >= 4 is 15.6 Å². The summed E-state index contributed by atoms with van der Waals surface area (Å²) in [6.45, 7) is 10.7. The number of aromatic nitrogens is 1. The van der Waals surface area contributed by atoms with Crippen LogP contribution in [0, 0.1) is 13.8 Å². The number of aryl methyl sites for hydroxylation is 1. The zero-order chi connectivity index (χ0) is 21.5. The number of nitrogens with zero attached hydrogens (tertiary/aromatic N) is 4. The smallest absolute Gasteiger partial charge is 0.178 e. The first-order valence-electron chi connectivity index (χ1n) is 11.3. The van der Waals surface area contributed by atoms with Crippen molar-refractivity contribution in [1.82, 2.24) is 19.3 Å². The van der Waals surface area contributed by atoms with E-state index in [1.165, 1.54) is 19.4 Å². The van der Waals surface area contributed by atoms with Crippen LogP contribution in [0.3, 0.4) is 0 Å². The van der Waals surface area contributed by atoms with E-state index in [2.05, 4.69) is 26.3 Å². The summed E-state index contributed by atoms with van der Waals surface area (Å²) < 4.78 is 25.9. The maximum Gasteiger partial charge on any atom is 0.178 e. The molecule has 3 fully saturated rings. The van der Waals surface area contributed by atoms with Crippen LogP contribution < -0.4 is 0 Å². The molecule has 0 saturated carbocycles. The number of piperidine rings is 1. The maximum absolute atomic E-state index is 13.1. The fourth-order valence-electron chi connectivity index (χ4n) is 5.61. The number of rotatable bonds is 5. The van der Waals surface area contributed by atoms with Crippen molar-refractivity contribution in [2.75, 3.05) is 64.4 Å². The molecule has 3 aliphatic heterocycles. The van der Waals surface area contributed by atoms with E-state index in [1.54, 1.807) is 0 Å². The van der Waals surface area contributed by atoms with E-state index in [1.807, 2.05) is 19.9 Å². The van der Waals surface area contributed by atoms with Crippen LogP contribution >= 0.6 is 0 Å². The van der Waals surface area contributed by atoms with E-state index >= 15 is 0 Å². The van der Waals surface area contributed by atoms with Gasteiger partial charge in [0, 0.05) is 61.8 Å². The van der Waals surface area contributed by atoms with E-state index in [4.69, 9.17) is 0 Å². The summed E-state index contributed by atoms with van der Waals surface area (Å²) in [5.41, 5.74) is 2.67. The Morgan fingerprint density at radius 3 is 2.43 bits per heavy atom. The fraction of sp³-hybridized carbons (Fsp3) is 0.773. The number of hydrogen-bond acceptors (Lipinski definition) is 6. The Morgan fingerprint density at radius 1 is 1.07 bits per heavy atom. The molecule has 168 valence electrons. The van der Waals surface area contributed by atoms with Gasteiger partial charge in [0.25, 0.3) is 0 Å². The van der Waals surface area contributed by atoms with Crippen LogP contribution in [-0.4, -0.2) is 104 Å². The number of likely N-dealkylation sites (N-methyl/N-ethyl adjacent to an activating group) is 1. The first-order valence-corrected chi connectivity index (χ1v) is 13.1. The number of likely N-dealkylation sites (tertiary alicyclic amines) is 1. The molecule has 0 N–H and O–H groups in total. The quantitative estimate of drug-likeness (QED) is 0.650. The monoisotopic (exact) mass is 436 g/mol. The lowest BCUT2D eigenvalue weighted by molar-refractivity contribution is 0.0561. The second kappa shape index (κ2) is 8.73. The number of sulfone groups is 1. The van der Waals surface area contributed by atoms with Crippen molar-refractivity contribution in [2.45, 2.75) is 45.2 Å². The van der Waals surface area contributed by atoms with Gasteiger partial charge in [-0.25, -0.2) is 8.42 Å². The highest BCUT2D eigenvalue weighted by Crippen LogP contribution is 2.29. The third kappa shape index (κ3) is 4.66. The van der Waals surface area contributed by atoms with Crippen LogP contribution in [0.1, 0.15) is 47.1 Å². The van der Waals surface area contributed by atoms with E-state index in [0.29, 0.717) is 19.0 Å². The molecule has 1 aromatic heterocycles. The van der Waals surface area contributed by atoms with Gasteiger partial charge in [0.15, 0.2) is 15.6 Å². The van der Waals surface area contributed by atoms with E-state index in [0.717, 1.165) is 49.7 Å². The largest absolute Gasteiger partial charge is 0.344 e. The third-order valence-electron chi connectivity index (χ3n) is 7.25. The molecule has 0 aromatic carbocycles. The SMILES string of the molecule is Cc1cc(C(=O)CN2CCN(C3CCCN(C)C3)CC2)c(C)n1C1CCS(=O)(=O)C1. The van der Waals surface area contributed by atoms with Gasteiger partial charge in [-0.2, -0.15) is 0 Å². The summed E-state index contributed by atoms with van der Waals surface area (Å²) in [4.78, 5) is 20.4. The predicted octanol–water partition coefficient (Wildman–Crippen LogP) is 1.36. The van der Waals surface area contributed by atoms with Gasteiger partial charge in [-0.05, 0) is 52.8 Å². The van der Waals surface area contributed by atoms with Gasteiger partial charge in [-0.15, -0.1) is 0 Å². The van der Waals surface area contributed by atoms with E-state index < -0.39 is 9.84 Å². The zero-order valence-corrected chi connectivity index (χ0v) is 19.5. The Balaban J connectivity index is 1.35. The van der Waals surface area contributed by atoms with E-state index in [9.17, 15) is 13.2 Å². The summed E-state index contributed by atoms with van der Waals surface area (Å²) in [6.07, 6.45) is 3.20. The molecule has 0 radical (unpaired) electrons. The highest BCUT2D eigenvalue weighted by molar-refractivity contribution is 7.91. The summed E-state index contributed by atoms with van der Waals surface area (Å²) >= 11 is 0. The molecular weight excluding hydrogens is 400 g/mol. The molecule has 3 aliphatic rings. The topological polar surface area (TPSA) is 65.9 Å². The minimum Gasteiger partial charge on any atom is -0.344 e. The second-order valence-corrected chi connectivity index (χ2v) is 11.7. The van der Waals surface area contributed by atoms with Crippen molar-refractivity contribution in [3.05, 3.63) is 23.0 Å². The average Bonchev–Trinajstić information content (AvgIpc) is 3.20.